The van der Waals surface area contributed by atoms with Crippen molar-refractivity contribution in [3.63, 3.8) is 0 Å². The van der Waals surface area contributed by atoms with Crippen molar-refractivity contribution in [3.05, 3.63) is 11.3 Å². The van der Waals surface area contributed by atoms with E-state index in [2.05, 4.69) is 0 Å². The van der Waals surface area contributed by atoms with Crippen molar-refractivity contribution in [1.29, 1.82) is 0 Å². The predicted molar refractivity (Wildman–Crippen MR) is 94.6 cm³/mol. The maximum atomic E-state index is 13.0. The first-order valence-corrected chi connectivity index (χ1v) is 9.84. The van der Waals surface area contributed by atoms with Gasteiger partial charge in [-0.3, -0.25) is 9.59 Å². The molecule has 10 heteroatoms. The molecule has 4 fully saturated rings. The summed E-state index contributed by atoms with van der Waals surface area (Å²) in [6.45, 7) is 5.03. The van der Waals surface area contributed by atoms with E-state index in [1.807, 2.05) is 0 Å². The number of rotatable bonds is 4. The largest absolute Gasteiger partial charge is 0.496 e. The maximum absolute atomic E-state index is 13.0. The minimum atomic E-state index is -2.02. The van der Waals surface area contributed by atoms with Gasteiger partial charge in [0.15, 0.2) is 18.1 Å². The number of esters is 2. The number of hydrogen-bond acceptors (Lipinski definition) is 10. The van der Waals surface area contributed by atoms with E-state index in [0.29, 0.717) is 6.29 Å². The molecule has 2 aliphatic carbocycles. The first kappa shape index (κ1) is 19.9. The highest BCUT2D eigenvalue weighted by atomic mass is 16.7. The van der Waals surface area contributed by atoms with Gasteiger partial charge in [0, 0.05) is 7.11 Å². The van der Waals surface area contributed by atoms with E-state index in [4.69, 9.17) is 23.7 Å². The molecular weight excluding hydrogens is 400 g/mol. The molecule has 0 aromatic heterocycles. The highest BCUT2D eigenvalue weighted by Gasteiger charge is 2.96. The van der Waals surface area contributed by atoms with E-state index in [1.165, 1.54) is 14.2 Å². The highest BCUT2D eigenvalue weighted by molar-refractivity contribution is 6.10. The third kappa shape index (κ3) is 1.59. The number of ether oxygens (including phenoxy) is 5. The van der Waals surface area contributed by atoms with Gasteiger partial charge in [-0.1, -0.05) is 13.8 Å². The number of aldehydes is 1. The molecule has 2 bridgehead atoms. The molecular formula is C20H24O10. The van der Waals surface area contributed by atoms with Crippen LogP contribution < -0.4 is 0 Å². The number of fused-ring (bicyclic) bond motifs is 8. The number of aliphatic hydroxyl groups is 2. The number of carbonyl (C=O) groups is 3. The molecule has 9 atom stereocenters. The Morgan fingerprint density at radius 3 is 2.33 bits per heavy atom. The van der Waals surface area contributed by atoms with Crippen LogP contribution >= 0.6 is 0 Å². The van der Waals surface area contributed by atoms with Crippen molar-refractivity contribution in [3.8, 4) is 0 Å². The van der Waals surface area contributed by atoms with Gasteiger partial charge in [0.25, 0.3) is 0 Å². The Morgan fingerprint density at radius 2 is 1.80 bits per heavy atom. The smallest absolute Gasteiger partial charge is 0.346 e. The fourth-order valence-electron chi connectivity index (χ4n) is 6.78. The summed E-state index contributed by atoms with van der Waals surface area (Å²) in [5.74, 6) is -3.64. The van der Waals surface area contributed by atoms with Crippen LogP contribution in [-0.4, -0.2) is 83.9 Å². The van der Waals surface area contributed by atoms with Gasteiger partial charge in [-0.15, -0.1) is 0 Å². The lowest BCUT2D eigenvalue weighted by atomic mass is 9.49. The van der Waals surface area contributed by atoms with Crippen molar-refractivity contribution < 1.29 is 48.3 Å². The number of carbonyl (C=O) groups excluding carboxylic acids is 3. The monoisotopic (exact) mass is 424 g/mol. The van der Waals surface area contributed by atoms with E-state index in [1.54, 1.807) is 20.8 Å². The second-order valence-corrected chi connectivity index (χ2v) is 9.18. The summed E-state index contributed by atoms with van der Waals surface area (Å²) >= 11 is 0. The van der Waals surface area contributed by atoms with E-state index in [0.717, 1.165) is 0 Å². The second-order valence-electron chi connectivity index (χ2n) is 9.18. The number of hydrogen-bond donors (Lipinski definition) is 2. The van der Waals surface area contributed by atoms with Gasteiger partial charge in [-0.05, 0) is 12.8 Å². The fraction of sp³-hybridized carbons (Fsp3) is 0.750. The van der Waals surface area contributed by atoms with E-state index in [9.17, 15) is 24.6 Å². The van der Waals surface area contributed by atoms with Crippen LogP contribution in [0.1, 0.15) is 20.8 Å². The Labute approximate surface area is 172 Å². The first-order valence-electron chi connectivity index (χ1n) is 9.84. The molecule has 3 heterocycles. The molecule has 0 amide bonds. The van der Waals surface area contributed by atoms with Gasteiger partial charge in [0.1, 0.15) is 41.0 Å². The van der Waals surface area contributed by atoms with Gasteiger partial charge in [0.2, 0.25) is 5.60 Å². The second kappa shape index (κ2) is 5.42. The molecule has 5 rings (SSSR count). The van der Waals surface area contributed by atoms with Crippen molar-refractivity contribution >= 4 is 18.2 Å². The summed E-state index contributed by atoms with van der Waals surface area (Å²) in [5, 5.41) is 23.8. The van der Waals surface area contributed by atoms with Crippen LogP contribution in [0.25, 0.3) is 0 Å². The minimum absolute atomic E-state index is 0.0858. The van der Waals surface area contributed by atoms with Crippen molar-refractivity contribution in [1.82, 2.24) is 0 Å². The van der Waals surface area contributed by atoms with Crippen LogP contribution in [0.3, 0.4) is 0 Å². The predicted octanol–water partition coefficient (Wildman–Crippen LogP) is -1.14. The van der Waals surface area contributed by atoms with Gasteiger partial charge in [0.05, 0.1) is 12.5 Å². The van der Waals surface area contributed by atoms with Crippen molar-refractivity contribution in [2.24, 2.45) is 17.3 Å². The standard InChI is InChI=1S/C20H24O10/c1-7(2)18(24)9-16(23)29-12(18)11(27-5)17(3)19(9,25)13-14(28-13)20(17)10(26-4)8(6-21)15(22)30-20/h6-7,9,11-14,24-25H,1-5H3/t9-,11-,12-,13+,14-,17-,18-,19+,20-/m1/s1. The summed E-state index contributed by atoms with van der Waals surface area (Å²) in [5.41, 5.74) is -7.35. The van der Waals surface area contributed by atoms with Crippen LogP contribution in [-0.2, 0) is 38.1 Å². The SMILES string of the molecule is COC1=C(C=O)C(=O)O[C@@]12[C@@H]1O[C@@H]1[C@@]1(O)[C@@H]3C(=O)O[C@H]([C@@H](OC)[C@]12C)[C@@]3(O)C(C)C. The van der Waals surface area contributed by atoms with Crippen LogP contribution in [0.5, 0.6) is 0 Å². The average Bonchev–Trinajstić information content (AvgIpc) is 3.35. The van der Waals surface area contributed by atoms with Crippen LogP contribution in [0, 0.1) is 17.3 Å². The Bertz CT molecular complexity index is 911. The summed E-state index contributed by atoms with van der Waals surface area (Å²) in [4.78, 5) is 37.2. The molecule has 3 aliphatic heterocycles. The zero-order valence-electron chi connectivity index (χ0n) is 17.2. The third-order valence-corrected chi connectivity index (χ3v) is 8.17. The Balaban J connectivity index is 1.83. The van der Waals surface area contributed by atoms with E-state index < -0.39 is 70.4 Å². The zero-order chi connectivity index (χ0) is 22.0. The summed E-state index contributed by atoms with van der Waals surface area (Å²) in [7, 11) is 2.64. The highest BCUT2D eigenvalue weighted by Crippen LogP contribution is 2.76. The van der Waals surface area contributed by atoms with Gasteiger partial charge in [-0.25, -0.2) is 4.79 Å². The lowest BCUT2D eigenvalue weighted by Gasteiger charge is -2.60. The Kier molecular flexibility index (Phi) is 3.60. The molecule has 2 N–H and O–H groups in total. The molecule has 164 valence electrons. The summed E-state index contributed by atoms with van der Waals surface area (Å²) in [6, 6.07) is 0. The average molecular weight is 424 g/mol. The first-order chi connectivity index (χ1) is 14.0. The Hall–Kier alpha value is -2.01. The lowest BCUT2D eigenvalue weighted by Crippen LogP contribution is -2.79. The third-order valence-electron chi connectivity index (χ3n) is 8.17. The fourth-order valence-corrected chi connectivity index (χ4v) is 6.78. The normalized spacial score (nSPS) is 53.0. The minimum Gasteiger partial charge on any atom is -0.496 e. The lowest BCUT2D eigenvalue weighted by molar-refractivity contribution is -0.312. The summed E-state index contributed by atoms with van der Waals surface area (Å²) in [6.07, 6.45) is -3.76. The van der Waals surface area contributed by atoms with E-state index >= 15 is 0 Å². The molecule has 30 heavy (non-hydrogen) atoms. The van der Waals surface area contributed by atoms with Crippen molar-refractivity contribution in [2.75, 3.05) is 14.2 Å². The van der Waals surface area contributed by atoms with Crippen LogP contribution in [0.4, 0.5) is 0 Å². The quantitative estimate of drug-likeness (QED) is 0.246. The Morgan fingerprint density at radius 1 is 1.13 bits per heavy atom. The van der Waals surface area contributed by atoms with Gasteiger partial charge in [-0.2, -0.15) is 0 Å². The van der Waals surface area contributed by atoms with Crippen LogP contribution in [0.2, 0.25) is 0 Å². The maximum Gasteiger partial charge on any atom is 0.346 e. The summed E-state index contributed by atoms with van der Waals surface area (Å²) < 4.78 is 28.2. The van der Waals surface area contributed by atoms with Gasteiger partial charge < -0.3 is 33.9 Å². The topological polar surface area (TPSA) is 141 Å². The van der Waals surface area contributed by atoms with E-state index in [-0.39, 0.29) is 11.3 Å². The number of methoxy groups -OCH3 is 2. The molecule has 2 saturated carbocycles. The zero-order valence-corrected chi connectivity index (χ0v) is 17.2. The van der Waals surface area contributed by atoms with Crippen LogP contribution in [0.15, 0.2) is 11.3 Å². The number of epoxide rings is 1. The molecule has 0 aromatic rings. The van der Waals surface area contributed by atoms with Crippen molar-refractivity contribution in [2.45, 2.75) is 62.0 Å². The molecule has 0 radical (unpaired) electrons. The molecule has 10 nitrogen and oxygen atoms in total. The van der Waals surface area contributed by atoms with Gasteiger partial charge >= 0.3 is 11.9 Å². The molecule has 2 saturated heterocycles. The molecule has 1 spiro atoms. The molecule has 0 aromatic carbocycles. The molecule has 0 unspecified atom stereocenters. The molecule has 5 aliphatic rings.